The molecule has 3 aromatic heterocycles. The maximum Gasteiger partial charge on any atom is 0.165 e. The lowest BCUT2D eigenvalue weighted by atomic mass is 9.85. The molecule has 0 unspecified atom stereocenters. The Balaban J connectivity index is 1.36. The van der Waals surface area contributed by atoms with Crippen LogP contribution in [-0.2, 0) is 5.41 Å². The number of nitrogens with zero attached hydrogens (tertiary/aromatic N) is 3. The first-order valence-corrected chi connectivity index (χ1v) is 16.2. The number of rotatable bonds is 2. The van der Waals surface area contributed by atoms with Gasteiger partial charge in [0.05, 0.1) is 22.4 Å². The van der Waals surface area contributed by atoms with Crippen LogP contribution < -0.4 is 0 Å². The van der Waals surface area contributed by atoms with Gasteiger partial charge in [-0.1, -0.05) is 105 Å². The first-order valence-electron chi connectivity index (χ1n) is 15.4. The lowest BCUT2D eigenvalue weighted by Gasteiger charge is -2.21. The molecule has 10 rings (SSSR count). The van der Waals surface area contributed by atoms with E-state index in [0.717, 1.165) is 39.5 Å². The fourth-order valence-corrected chi connectivity index (χ4v) is 8.60. The molecule has 3 nitrogen and oxygen atoms in total. The molecule has 0 aliphatic heterocycles. The van der Waals surface area contributed by atoms with Crippen LogP contribution in [0.3, 0.4) is 0 Å². The summed E-state index contributed by atoms with van der Waals surface area (Å²) in [5.41, 5.74) is 8.44. The molecule has 3 heterocycles. The van der Waals surface area contributed by atoms with E-state index in [-0.39, 0.29) is 5.41 Å². The number of fused-ring (bicyclic) bond motifs is 10. The third-order valence-electron chi connectivity index (χ3n) is 9.73. The van der Waals surface area contributed by atoms with Crippen LogP contribution in [0.25, 0.3) is 81.1 Å². The Morgan fingerprint density at radius 1 is 0.556 bits per heavy atom. The molecule has 0 saturated carbocycles. The Morgan fingerprint density at radius 3 is 2.16 bits per heavy atom. The van der Waals surface area contributed by atoms with Crippen molar-refractivity contribution >= 4 is 64.1 Å². The predicted octanol–water partition coefficient (Wildman–Crippen LogP) is 11.1. The molecule has 9 aromatic rings. The molecule has 0 N–H and O–H groups in total. The zero-order valence-corrected chi connectivity index (χ0v) is 25.7. The summed E-state index contributed by atoms with van der Waals surface area (Å²) >= 11 is 1.84. The van der Waals surface area contributed by atoms with Crippen molar-refractivity contribution in [3.8, 4) is 28.3 Å². The Morgan fingerprint density at radius 2 is 1.27 bits per heavy atom. The minimum atomic E-state index is -0.261. The summed E-state index contributed by atoms with van der Waals surface area (Å²) in [7, 11) is 0. The van der Waals surface area contributed by atoms with Crippen LogP contribution in [0.15, 0.2) is 127 Å². The number of benzene rings is 6. The van der Waals surface area contributed by atoms with Crippen molar-refractivity contribution in [1.82, 2.24) is 14.5 Å². The molecule has 0 saturated heterocycles. The van der Waals surface area contributed by atoms with Crippen molar-refractivity contribution in [2.24, 2.45) is 0 Å². The highest BCUT2D eigenvalue weighted by Crippen LogP contribution is 2.49. The maximum absolute atomic E-state index is 5.62. The lowest BCUT2D eigenvalue weighted by molar-refractivity contribution is 0.635. The normalized spacial score (nSPS) is 13.7. The lowest BCUT2D eigenvalue weighted by Crippen LogP contribution is -2.18. The van der Waals surface area contributed by atoms with Gasteiger partial charge in [-0.05, 0) is 52.7 Å². The first-order chi connectivity index (χ1) is 22.1. The van der Waals surface area contributed by atoms with Gasteiger partial charge in [-0.15, -0.1) is 11.3 Å². The number of para-hydroxylation sites is 1. The highest BCUT2D eigenvalue weighted by Gasteiger charge is 2.39. The van der Waals surface area contributed by atoms with Gasteiger partial charge in [-0.25, -0.2) is 9.97 Å². The van der Waals surface area contributed by atoms with Gasteiger partial charge in [0.1, 0.15) is 5.69 Å². The summed E-state index contributed by atoms with van der Waals surface area (Å²) in [6.45, 7) is 4.55. The van der Waals surface area contributed by atoms with Crippen molar-refractivity contribution in [2.75, 3.05) is 0 Å². The van der Waals surface area contributed by atoms with Gasteiger partial charge >= 0.3 is 0 Å². The monoisotopic (exact) mass is 593 g/mol. The molecular formula is C41H27N3S. The molecule has 0 atom stereocenters. The molecule has 0 amide bonds. The van der Waals surface area contributed by atoms with Crippen molar-refractivity contribution in [2.45, 2.75) is 19.3 Å². The van der Waals surface area contributed by atoms with E-state index in [4.69, 9.17) is 9.97 Å². The number of hydrogen-bond donors (Lipinski definition) is 0. The maximum atomic E-state index is 5.62. The zero-order chi connectivity index (χ0) is 29.9. The zero-order valence-electron chi connectivity index (χ0n) is 24.9. The van der Waals surface area contributed by atoms with Crippen LogP contribution in [-0.4, -0.2) is 14.5 Å². The molecule has 45 heavy (non-hydrogen) atoms. The molecule has 0 spiro atoms. The summed E-state index contributed by atoms with van der Waals surface area (Å²) in [6.07, 6.45) is 0. The largest absolute Gasteiger partial charge is 0.292 e. The molecule has 0 radical (unpaired) electrons. The quantitative estimate of drug-likeness (QED) is 0.200. The van der Waals surface area contributed by atoms with Gasteiger partial charge in [0, 0.05) is 47.5 Å². The molecular weight excluding hydrogens is 567 g/mol. The average molecular weight is 594 g/mol. The third kappa shape index (κ3) is 3.40. The standard InChI is InChI=1S/C41H27N3S/c1-41(2)32-16-8-5-15-29(32)38-39(41)42-37(26-19-20-36-31(22-26)28-14-7-10-18-35(28)45-36)40(43-38)44-33-17-9-6-13-27(33)30-21-24-11-3-4-12-25(24)23-34(30)44/h3-23H,1-2H3. The van der Waals surface area contributed by atoms with Crippen LogP contribution in [0, 0.1) is 0 Å². The van der Waals surface area contributed by atoms with Crippen LogP contribution in [0.1, 0.15) is 25.1 Å². The van der Waals surface area contributed by atoms with Gasteiger partial charge in [-0.3, -0.25) is 4.57 Å². The predicted molar refractivity (Wildman–Crippen MR) is 190 cm³/mol. The Kier molecular flexibility index (Phi) is 4.94. The van der Waals surface area contributed by atoms with Gasteiger partial charge in [0.15, 0.2) is 5.82 Å². The molecule has 212 valence electrons. The fraction of sp³-hybridized carbons (Fsp3) is 0.0732. The van der Waals surface area contributed by atoms with Crippen molar-refractivity contribution in [3.05, 3.63) is 139 Å². The second-order valence-electron chi connectivity index (χ2n) is 12.6. The minimum Gasteiger partial charge on any atom is -0.292 e. The highest BCUT2D eigenvalue weighted by atomic mass is 32.1. The van der Waals surface area contributed by atoms with E-state index in [9.17, 15) is 0 Å². The summed E-state index contributed by atoms with van der Waals surface area (Å²) in [6, 6.07) is 46.1. The van der Waals surface area contributed by atoms with E-state index >= 15 is 0 Å². The van der Waals surface area contributed by atoms with Gasteiger partial charge in [-0.2, -0.15) is 0 Å². The summed E-state index contributed by atoms with van der Waals surface area (Å²) in [4.78, 5) is 11.2. The van der Waals surface area contributed by atoms with Crippen molar-refractivity contribution in [1.29, 1.82) is 0 Å². The topological polar surface area (TPSA) is 30.7 Å². The summed E-state index contributed by atoms with van der Waals surface area (Å²) in [5, 5.41) is 7.42. The Bertz CT molecular complexity index is 2690. The van der Waals surface area contributed by atoms with E-state index in [1.54, 1.807) is 0 Å². The first kappa shape index (κ1) is 25.1. The molecule has 1 aliphatic rings. The molecule has 1 aliphatic carbocycles. The van der Waals surface area contributed by atoms with Crippen LogP contribution in [0.4, 0.5) is 0 Å². The van der Waals surface area contributed by atoms with Gasteiger partial charge in [0.2, 0.25) is 0 Å². The van der Waals surface area contributed by atoms with Crippen LogP contribution in [0.2, 0.25) is 0 Å². The average Bonchev–Trinajstić information content (AvgIpc) is 3.68. The molecule has 6 aromatic carbocycles. The van der Waals surface area contributed by atoms with E-state index in [1.165, 1.54) is 52.8 Å². The Hall–Kier alpha value is -5.32. The summed E-state index contributed by atoms with van der Waals surface area (Å²) in [5.74, 6) is 0.863. The smallest absolute Gasteiger partial charge is 0.165 e. The van der Waals surface area contributed by atoms with Crippen LogP contribution in [0.5, 0.6) is 0 Å². The molecule has 0 bridgehead atoms. The van der Waals surface area contributed by atoms with E-state index in [2.05, 4.69) is 146 Å². The van der Waals surface area contributed by atoms with E-state index < -0.39 is 0 Å². The fourth-order valence-electron chi connectivity index (χ4n) is 7.52. The van der Waals surface area contributed by atoms with Crippen LogP contribution >= 0.6 is 11.3 Å². The Labute approximate surface area is 264 Å². The second kappa shape index (κ2) is 8.87. The number of hydrogen-bond acceptors (Lipinski definition) is 3. The molecule has 4 heteroatoms. The van der Waals surface area contributed by atoms with Gasteiger partial charge in [0.25, 0.3) is 0 Å². The van der Waals surface area contributed by atoms with E-state index in [1.807, 2.05) is 11.3 Å². The minimum absolute atomic E-state index is 0.261. The SMILES string of the molecule is CC1(C)c2ccccc2-c2nc(-n3c4ccccc4c4cc5ccccc5cc43)c(-c3ccc4sc5ccccc5c4c3)nc21. The van der Waals surface area contributed by atoms with Gasteiger partial charge < -0.3 is 0 Å². The number of aromatic nitrogens is 3. The summed E-state index contributed by atoms with van der Waals surface area (Å²) < 4.78 is 4.94. The third-order valence-corrected chi connectivity index (χ3v) is 10.9. The van der Waals surface area contributed by atoms with Crippen molar-refractivity contribution < 1.29 is 0 Å². The second-order valence-corrected chi connectivity index (χ2v) is 13.7. The van der Waals surface area contributed by atoms with E-state index in [0.29, 0.717) is 0 Å². The number of thiophene rings is 1. The van der Waals surface area contributed by atoms with Crippen molar-refractivity contribution in [3.63, 3.8) is 0 Å². The highest BCUT2D eigenvalue weighted by molar-refractivity contribution is 7.25. The molecule has 0 fully saturated rings.